The lowest BCUT2D eigenvalue weighted by Crippen LogP contribution is -2.59. The molecule has 0 spiro atoms. The van der Waals surface area contributed by atoms with Gasteiger partial charge in [0, 0.05) is 17.6 Å². The predicted molar refractivity (Wildman–Crippen MR) is 83.6 cm³/mol. The number of hydrogen-bond acceptors (Lipinski definition) is 3. The van der Waals surface area contributed by atoms with Crippen LogP contribution >= 0.6 is 0 Å². The van der Waals surface area contributed by atoms with E-state index in [4.69, 9.17) is 9.47 Å². The summed E-state index contributed by atoms with van der Waals surface area (Å²) in [6.45, 7) is 4.00. The van der Waals surface area contributed by atoms with Crippen LogP contribution < -0.4 is 0 Å². The molecule has 1 saturated heterocycles. The molecular formula is C18H21NO3. The van der Waals surface area contributed by atoms with Crippen LogP contribution in [0.15, 0.2) is 30.3 Å². The predicted octanol–water partition coefficient (Wildman–Crippen LogP) is 3.59. The molecule has 1 aromatic heterocycles. The van der Waals surface area contributed by atoms with Crippen LogP contribution in [0.4, 0.5) is 0 Å². The number of carbonyl (C=O) groups is 1. The van der Waals surface area contributed by atoms with Crippen LogP contribution in [0.3, 0.4) is 0 Å². The molecule has 2 aliphatic rings. The number of aryl methyl sites for hydroxylation is 1. The number of para-hydroxylation sites is 1. The molecule has 22 heavy (non-hydrogen) atoms. The zero-order valence-electron chi connectivity index (χ0n) is 13.0. The number of nitrogens with zero attached hydrogens (tertiary/aromatic N) is 1. The van der Waals surface area contributed by atoms with Crippen molar-refractivity contribution in [3.8, 4) is 0 Å². The van der Waals surface area contributed by atoms with Gasteiger partial charge < -0.3 is 14.0 Å². The number of aromatic nitrogens is 1. The smallest absolute Gasteiger partial charge is 0.199 e. The van der Waals surface area contributed by atoms with Gasteiger partial charge in [-0.2, -0.15) is 0 Å². The third-order valence-corrected chi connectivity index (χ3v) is 4.77. The van der Waals surface area contributed by atoms with Crippen molar-refractivity contribution in [2.45, 2.75) is 57.6 Å². The monoisotopic (exact) mass is 299 g/mol. The molecule has 3 heterocycles. The Bertz CT molecular complexity index is 727. The molecule has 0 aliphatic carbocycles. The number of benzene rings is 1. The molecule has 0 bridgehead atoms. The minimum Gasteiger partial charge on any atom is -0.329 e. The fourth-order valence-electron chi connectivity index (χ4n) is 3.80. The number of hydrogen-bond donors (Lipinski definition) is 0. The van der Waals surface area contributed by atoms with Crippen LogP contribution in [0, 0.1) is 0 Å². The lowest BCUT2D eigenvalue weighted by molar-refractivity contribution is -0.454. The normalized spacial score (nSPS) is 31.1. The van der Waals surface area contributed by atoms with Gasteiger partial charge in [-0.05, 0) is 37.3 Å². The van der Waals surface area contributed by atoms with E-state index in [1.165, 1.54) is 11.1 Å². The first-order valence-corrected chi connectivity index (χ1v) is 8.09. The molecule has 2 aromatic rings. The van der Waals surface area contributed by atoms with E-state index >= 15 is 0 Å². The summed E-state index contributed by atoms with van der Waals surface area (Å²) in [5.74, 6) is -0.639. The zero-order valence-corrected chi connectivity index (χ0v) is 13.0. The third kappa shape index (κ3) is 1.94. The molecule has 1 fully saturated rings. The maximum Gasteiger partial charge on any atom is 0.199 e. The highest BCUT2D eigenvalue weighted by atomic mass is 16.9. The average Bonchev–Trinajstić information content (AvgIpc) is 2.84. The molecule has 0 amide bonds. The van der Waals surface area contributed by atoms with Crippen LogP contribution in [0.5, 0.6) is 0 Å². The van der Waals surface area contributed by atoms with Gasteiger partial charge in [-0.3, -0.25) is 4.79 Å². The molecule has 4 rings (SSSR count). The SMILES string of the molecule is CCCC1OC(C)(C2C(=O)CCc3cc4ccccc4n32)O1. The summed E-state index contributed by atoms with van der Waals surface area (Å²) in [4.78, 5) is 12.6. The van der Waals surface area contributed by atoms with Crippen molar-refractivity contribution in [2.24, 2.45) is 0 Å². The fourth-order valence-corrected chi connectivity index (χ4v) is 3.80. The van der Waals surface area contributed by atoms with Crippen molar-refractivity contribution in [3.05, 3.63) is 36.0 Å². The molecule has 4 nitrogen and oxygen atoms in total. The molecule has 1 unspecified atom stereocenters. The first kappa shape index (κ1) is 14.0. The van der Waals surface area contributed by atoms with Crippen molar-refractivity contribution in [2.75, 3.05) is 0 Å². The van der Waals surface area contributed by atoms with Gasteiger partial charge >= 0.3 is 0 Å². The number of ether oxygens (including phenoxy) is 2. The third-order valence-electron chi connectivity index (χ3n) is 4.77. The van der Waals surface area contributed by atoms with Crippen LogP contribution in [0.2, 0.25) is 0 Å². The maximum atomic E-state index is 12.6. The Morgan fingerprint density at radius 2 is 2.05 bits per heavy atom. The second kappa shape index (κ2) is 4.93. The standard InChI is InChI=1S/C18H21NO3/c1-3-6-16-21-18(2,22-16)17-15(20)10-9-13-11-12-7-4-5-8-14(12)19(13)17/h4-5,7-8,11,16-17H,3,6,9-10H2,1-2H3. The van der Waals surface area contributed by atoms with Crippen molar-refractivity contribution in [1.29, 1.82) is 0 Å². The fraction of sp³-hybridized carbons (Fsp3) is 0.500. The summed E-state index contributed by atoms with van der Waals surface area (Å²) >= 11 is 0. The first-order valence-electron chi connectivity index (χ1n) is 8.09. The summed E-state index contributed by atoms with van der Waals surface area (Å²) in [7, 11) is 0. The highest BCUT2D eigenvalue weighted by molar-refractivity contribution is 5.90. The van der Waals surface area contributed by atoms with Crippen molar-refractivity contribution in [3.63, 3.8) is 0 Å². The Hall–Kier alpha value is -1.65. The van der Waals surface area contributed by atoms with E-state index in [1.54, 1.807) is 0 Å². The molecule has 1 atom stereocenters. The second-order valence-corrected chi connectivity index (χ2v) is 6.40. The van der Waals surface area contributed by atoms with Gasteiger partial charge in [-0.1, -0.05) is 31.5 Å². The number of ketones is 1. The zero-order chi connectivity index (χ0) is 15.3. The van der Waals surface area contributed by atoms with Crippen molar-refractivity contribution in [1.82, 2.24) is 4.57 Å². The average molecular weight is 299 g/mol. The van der Waals surface area contributed by atoms with E-state index < -0.39 is 5.79 Å². The van der Waals surface area contributed by atoms with Gasteiger partial charge in [0.25, 0.3) is 0 Å². The molecule has 0 radical (unpaired) electrons. The highest BCUT2D eigenvalue weighted by Crippen LogP contribution is 2.45. The lowest BCUT2D eigenvalue weighted by Gasteiger charge is -2.50. The summed E-state index contributed by atoms with van der Waals surface area (Å²) in [6.07, 6.45) is 3.06. The summed E-state index contributed by atoms with van der Waals surface area (Å²) in [5, 5.41) is 1.17. The summed E-state index contributed by atoms with van der Waals surface area (Å²) in [6, 6.07) is 9.99. The molecule has 4 heteroatoms. The van der Waals surface area contributed by atoms with E-state index in [9.17, 15) is 4.79 Å². The van der Waals surface area contributed by atoms with E-state index in [0.29, 0.717) is 6.42 Å². The van der Waals surface area contributed by atoms with Crippen molar-refractivity contribution < 1.29 is 14.3 Å². The Kier molecular flexibility index (Phi) is 3.13. The van der Waals surface area contributed by atoms with Gasteiger partial charge in [0.2, 0.25) is 0 Å². The number of Topliss-reactive ketones (excluding diaryl/α,β-unsaturated/α-hetero) is 1. The molecule has 2 aliphatic heterocycles. The van der Waals surface area contributed by atoms with E-state index in [-0.39, 0.29) is 18.1 Å². The Balaban J connectivity index is 1.76. The van der Waals surface area contributed by atoms with E-state index in [1.807, 2.05) is 19.1 Å². The van der Waals surface area contributed by atoms with Crippen LogP contribution in [-0.4, -0.2) is 22.4 Å². The number of carbonyl (C=O) groups excluding carboxylic acids is 1. The quantitative estimate of drug-likeness (QED) is 0.869. The number of rotatable bonds is 3. The van der Waals surface area contributed by atoms with Gasteiger partial charge in [0.1, 0.15) is 6.04 Å². The van der Waals surface area contributed by atoms with Gasteiger partial charge in [0.15, 0.2) is 17.9 Å². The molecule has 0 N–H and O–H groups in total. The lowest BCUT2D eigenvalue weighted by atomic mass is 9.93. The minimum atomic E-state index is -0.839. The summed E-state index contributed by atoms with van der Waals surface area (Å²) < 4.78 is 14.1. The highest BCUT2D eigenvalue weighted by Gasteiger charge is 2.53. The first-order chi connectivity index (χ1) is 10.6. The van der Waals surface area contributed by atoms with Gasteiger partial charge in [-0.25, -0.2) is 0 Å². The maximum absolute atomic E-state index is 12.6. The molecule has 116 valence electrons. The Morgan fingerprint density at radius 3 is 2.82 bits per heavy atom. The summed E-state index contributed by atoms with van der Waals surface area (Å²) in [5.41, 5.74) is 2.28. The van der Waals surface area contributed by atoms with Crippen molar-refractivity contribution >= 4 is 16.7 Å². The number of fused-ring (bicyclic) bond motifs is 3. The van der Waals surface area contributed by atoms with Crippen LogP contribution in [0.1, 0.15) is 44.8 Å². The molecular weight excluding hydrogens is 278 g/mol. The van der Waals surface area contributed by atoms with Gasteiger partial charge in [0.05, 0.1) is 0 Å². The van der Waals surface area contributed by atoms with Gasteiger partial charge in [-0.15, -0.1) is 0 Å². The Morgan fingerprint density at radius 1 is 1.27 bits per heavy atom. The van der Waals surface area contributed by atoms with Crippen LogP contribution in [0.25, 0.3) is 10.9 Å². The van der Waals surface area contributed by atoms with E-state index in [0.717, 1.165) is 24.8 Å². The minimum absolute atomic E-state index is 0.171. The topological polar surface area (TPSA) is 40.5 Å². The van der Waals surface area contributed by atoms with E-state index in [2.05, 4.69) is 29.7 Å². The Labute approximate surface area is 130 Å². The molecule has 0 saturated carbocycles. The molecule has 1 aromatic carbocycles. The van der Waals surface area contributed by atoms with Crippen LogP contribution in [-0.2, 0) is 20.7 Å². The largest absolute Gasteiger partial charge is 0.329 e. The second-order valence-electron chi connectivity index (χ2n) is 6.40.